The van der Waals surface area contributed by atoms with Crippen molar-refractivity contribution in [2.24, 2.45) is 0 Å². The van der Waals surface area contributed by atoms with Crippen LogP contribution in [0.3, 0.4) is 0 Å². The van der Waals surface area contributed by atoms with Gasteiger partial charge >= 0.3 is 6.03 Å². The molecular weight excluding hydrogens is 316 g/mol. The number of nitrogens with one attached hydrogen (secondary N) is 1. The molecule has 1 aromatic carbocycles. The average Bonchev–Trinajstić information content (AvgIpc) is 2.65. The number of urea groups is 1. The first-order chi connectivity index (χ1) is 12.0. The van der Waals surface area contributed by atoms with Crippen molar-refractivity contribution in [2.45, 2.75) is 32.2 Å². The van der Waals surface area contributed by atoms with E-state index < -0.39 is 0 Å². The fraction of sp³-hybridized carbons (Fsp3) is 0.632. The van der Waals surface area contributed by atoms with Crippen LogP contribution < -0.4 is 10.2 Å². The average molecular weight is 348 g/mol. The number of benzene rings is 1. The molecule has 0 aromatic heterocycles. The number of amides is 2. The summed E-state index contributed by atoms with van der Waals surface area (Å²) in [6, 6.07) is 8.44. The predicted molar refractivity (Wildman–Crippen MR) is 103 cm³/mol. The molecule has 0 aliphatic carbocycles. The molecule has 0 radical (unpaired) electrons. The van der Waals surface area contributed by atoms with Gasteiger partial charge in [0.15, 0.2) is 0 Å². The van der Waals surface area contributed by atoms with Gasteiger partial charge in [-0.05, 0) is 51.4 Å². The molecule has 1 aromatic rings. The molecule has 1 fully saturated rings. The summed E-state index contributed by atoms with van der Waals surface area (Å²) in [5.74, 6) is 0. The molecule has 0 unspecified atom stereocenters. The zero-order valence-electron chi connectivity index (χ0n) is 15.7. The van der Waals surface area contributed by atoms with E-state index in [1.165, 1.54) is 0 Å². The Labute approximate surface area is 151 Å². The second kappa shape index (κ2) is 9.63. The van der Waals surface area contributed by atoms with Crippen molar-refractivity contribution < 1.29 is 9.90 Å². The molecule has 0 saturated carbocycles. The standard InChI is InChI=1S/C19H32N4O2/c1-4-21(2)18-8-5-7-16(15-18)20-19(25)23-12-9-17(10-13-23)22(3)11-6-14-24/h5,7-8,15,17,24H,4,6,9-14H2,1-3H3,(H,20,25). The number of nitrogens with zero attached hydrogens (tertiary/aromatic N) is 3. The van der Waals surface area contributed by atoms with E-state index in [0.29, 0.717) is 6.04 Å². The number of aliphatic hydroxyl groups is 1. The van der Waals surface area contributed by atoms with Crippen LogP contribution >= 0.6 is 0 Å². The first kappa shape index (κ1) is 19.5. The summed E-state index contributed by atoms with van der Waals surface area (Å²) >= 11 is 0. The highest BCUT2D eigenvalue weighted by molar-refractivity contribution is 5.90. The molecule has 1 aliphatic heterocycles. The Morgan fingerprint density at radius 3 is 2.68 bits per heavy atom. The summed E-state index contributed by atoms with van der Waals surface area (Å²) in [5, 5.41) is 12.0. The number of piperidine rings is 1. The lowest BCUT2D eigenvalue weighted by molar-refractivity contribution is 0.134. The second-order valence-corrected chi connectivity index (χ2v) is 6.77. The SMILES string of the molecule is CCN(C)c1cccc(NC(=O)N2CCC(N(C)CCCO)CC2)c1. The van der Waals surface area contributed by atoms with E-state index in [4.69, 9.17) is 5.11 Å². The molecule has 6 heteroatoms. The lowest BCUT2D eigenvalue weighted by atomic mass is 10.0. The molecule has 25 heavy (non-hydrogen) atoms. The quantitative estimate of drug-likeness (QED) is 0.795. The summed E-state index contributed by atoms with van der Waals surface area (Å²) in [6.07, 6.45) is 2.77. The van der Waals surface area contributed by atoms with Crippen LogP contribution in [0.1, 0.15) is 26.2 Å². The minimum Gasteiger partial charge on any atom is -0.396 e. The van der Waals surface area contributed by atoms with E-state index in [1.807, 2.05) is 36.2 Å². The predicted octanol–water partition coefficient (Wildman–Crippen LogP) is 2.45. The first-order valence-corrected chi connectivity index (χ1v) is 9.23. The summed E-state index contributed by atoms with van der Waals surface area (Å²) in [7, 11) is 4.14. The van der Waals surface area contributed by atoms with Crippen LogP contribution in [-0.4, -0.2) is 73.9 Å². The fourth-order valence-electron chi connectivity index (χ4n) is 3.22. The smallest absolute Gasteiger partial charge is 0.321 e. The Morgan fingerprint density at radius 1 is 1.32 bits per heavy atom. The lowest BCUT2D eigenvalue weighted by Crippen LogP contribution is -2.47. The van der Waals surface area contributed by atoms with Crippen molar-refractivity contribution >= 4 is 17.4 Å². The van der Waals surface area contributed by atoms with Gasteiger partial charge in [-0.1, -0.05) is 6.07 Å². The van der Waals surface area contributed by atoms with Crippen molar-refractivity contribution in [2.75, 3.05) is 57.1 Å². The van der Waals surface area contributed by atoms with Crippen molar-refractivity contribution in [1.82, 2.24) is 9.80 Å². The molecule has 1 heterocycles. The van der Waals surface area contributed by atoms with E-state index in [9.17, 15) is 4.79 Å². The lowest BCUT2D eigenvalue weighted by Gasteiger charge is -2.36. The van der Waals surface area contributed by atoms with Crippen LogP contribution in [0.4, 0.5) is 16.2 Å². The number of likely N-dealkylation sites (tertiary alicyclic amines) is 1. The number of rotatable bonds is 7. The first-order valence-electron chi connectivity index (χ1n) is 9.23. The highest BCUT2D eigenvalue weighted by Gasteiger charge is 2.25. The van der Waals surface area contributed by atoms with Crippen LogP contribution in [0.2, 0.25) is 0 Å². The molecule has 2 rings (SSSR count). The van der Waals surface area contributed by atoms with Crippen LogP contribution in [0.25, 0.3) is 0 Å². The van der Waals surface area contributed by atoms with Crippen LogP contribution in [0.5, 0.6) is 0 Å². The van der Waals surface area contributed by atoms with Crippen molar-refractivity contribution in [3.05, 3.63) is 24.3 Å². The Morgan fingerprint density at radius 2 is 2.04 bits per heavy atom. The number of aliphatic hydroxyl groups excluding tert-OH is 1. The highest BCUT2D eigenvalue weighted by atomic mass is 16.3. The van der Waals surface area contributed by atoms with Gasteiger partial charge in [-0.3, -0.25) is 0 Å². The van der Waals surface area contributed by atoms with Crippen LogP contribution in [0, 0.1) is 0 Å². The number of hydrogen-bond donors (Lipinski definition) is 2. The summed E-state index contributed by atoms with van der Waals surface area (Å²) in [5.41, 5.74) is 1.94. The van der Waals surface area contributed by atoms with Gasteiger partial charge in [0.1, 0.15) is 0 Å². The molecular formula is C19H32N4O2. The Hall–Kier alpha value is -1.79. The van der Waals surface area contributed by atoms with E-state index in [0.717, 1.165) is 56.8 Å². The van der Waals surface area contributed by atoms with E-state index in [2.05, 4.69) is 29.1 Å². The van der Waals surface area contributed by atoms with Crippen molar-refractivity contribution in [3.63, 3.8) is 0 Å². The van der Waals surface area contributed by atoms with Crippen LogP contribution in [-0.2, 0) is 0 Å². The molecule has 6 nitrogen and oxygen atoms in total. The van der Waals surface area contributed by atoms with Crippen molar-refractivity contribution in [3.8, 4) is 0 Å². The molecule has 0 bridgehead atoms. The molecule has 140 valence electrons. The molecule has 1 saturated heterocycles. The van der Waals surface area contributed by atoms with Gasteiger partial charge in [-0.25, -0.2) is 4.79 Å². The van der Waals surface area contributed by atoms with Gasteiger partial charge in [0.25, 0.3) is 0 Å². The Kier molecular flexibility index (Phi) is 7.52. The van der Waals surface area contributed by atoms with Gasteiger partial charge in [0, 0.05) is 57.3 Å². The third-order valence-corrected chi connectivity index (χ3v) is 5.06. The second-order valence-electron chi connectivity index (χ2n) is 6.77. The monoisotopic (exact) mass is 348 g/mol. The van der Waals surface area contributed by atoms with Crippen molar-refractivity contribution in [1.29, 1.82) is 0 Å². The van der Waals surface area contributed by atoms with Gasteiger partial charge < -0.3 is 25.1 Å². The maximum absolute atomic E-state index is 12.5. The molecule has 0 spiro atoms. The van der Waals surface area contributed by atoms with Gasteiger partial charge in [-0.15, -0.1) is 0 Å². The van der Waals surface area contributed by atoms with E-state index in [-0.39, 0.29) is 12.6 Å². The molecule has 2 N–H and O–H groups in total. The number of carbonyl (C=O) groups excluding carboxylic acids is 1. The maximum atomic E-state index is 12.5. The highest BCUT2D eigenvalue weighted by Crippen LogP contribution is 2.20. The minimum atomic E-state index is -0.0206. The third-order valence-electron chi connectivity index (χ3n) is 5.06. The largest absolute Gasteiger partial charge is 0.396 e. The Bertz CT molecular complexity index is 544. The van der Waals surface area contributed by atoms with Gasteiger partial charge in [0.2, 0.25) is 0 Å². The molecule has 1 aliphatic rings. The van der Waals surface area contributed by atoms with E-state index in [1.54, 1.807) is 0 Å². The zero-order valence-corrected chi connectivity index (χ0v) is 15.7. The molecule has 0 atom stereocenters. The van der Waals surface area contributed by atoms with Gasteiger partial charge in [0.05, 0.1) is 0 Å². The fourth-order valence-corrected chi connectivity index (χ4v) is 3.22. The van der Waals surface area contributed by atoms with Gasteiger partial charge in [-0.2, -0.15) is 0 Å². The minimum absolute atomic E-state index is 0.0206. The maximum Gasteiger partial charge on any atom is 0.321 e. The number of hydrogen-bond acceptors (Lipinski definition) is 4. The number of carbonyl (C=O) groups is 1. The summed E-state index contributed by atoms with van der Waals surface area (Å²) in [6.45, 7) is 5.72. The summed E-state index contributed by atoms with van der Waals surface area (Å²) in [4.78, 5) is 18.9. The topological polar surface area (TPSA) is 59.1 Å². The number of anilines is 2. The van der Waals surface area contributed by atoms with E-state index >= 15 is 0 Å². The van der Waals surface area contributed by atoms with Crippen LogP contribution in [0.15, 0.2) is 24.3 Å². The Balaban J connectivity index is 1.84. The third kappa shape index (κ3) is 5.61. The summed E-state index contributed by atoms with van der Waals surface area (Å²) < 4.78 is 0. The molecule has 2 amide bonds. The zero-order chi connectivity index (χ0) is 18.2. The normalized spacial score (nSPS) is 15.5.